The van der Waals surface area contributed by atoms with E-state index in [0.717, 1.165) is 21.5 Å². The van der Waals surface area contributed by atoms with Gasteiger partial charge in [0.15, 0.2) is 5.13 Å². The number of aromatic nitrogens is 1. The molecule has 0 radical (unpaired) electrons. The molecule has 28 heavy (non-hydrogen) atoms. The van der Waals surface area contributed by atoms with Gasteiger partial charge in [-0.25, -0.2) is 4.98 Å². The van der Waals surface area contributed by atoms with Crippen LogP contribution in [-0.2, 0) is 9.59 Å². The van der Waals surface area contributed by atoms with Gasteiger partial charge in [0.05, 0.1) is 23.2 Å². The Morgan fingerprint density at radius 3 is 2.89 bits per heavy atom. The average Bonchev–Trinajstić information content (AvgIpc) is 3.26. The molecule has 4 rings (SSSR count). The molecule has 1 atom stereocenters. The van der Waals surface area contributed by atoms with Crippen molar-refractivity contribution in [1.82, 2.24) is 4.98 Å². The molecular weight excluding hydrogens is 398 g/mol. The molecule has 2 aromatic carbocycles. The molecule has 0 aliphatic carbocycles. The van der Waals surface area contributed by atoms with Crippen molar-refractivity contribution in [3.63, 3.8) is 0 Å². The summed E-state index contributed by atoms with van der Waals surface area (Å²) >= 11 is 7.55. The molecule has 1 aliphatic heterocycles. The van der Waals surface area contributed by atoms with Crippen LogP contribution in [0.5, 0.6) is 5.75 Å². The van der Waals surface area contributed by atoms with Gasteiger partial charge in [0, 0.05) is 23.7 Å². The highest BCUT2D eigenvalue weighted by Gasteiger charge is 2.35. The molecule has 1 aromatic heterocycles. The number of benzene rings is 2. The monoisotopic (exact) mass is 415 g/mol. The second kappa shape index (κ2) is 7.41. The summed E-state index contributed by atoms with van der Waals surface area (Å²) in [6, 6.07) is 11.0. The molecule has 3 aromatic rings. The van der Waals surface area contributed by atoms with Gasteiger partial charge in [0.25, 0.3) is 0 Å². The van der Waals surface area contributed by atoms with E-state index in [1.807, 2.05) is 37.3 Å². The Balaban J connectivity index is 1.48. The fourth-order valence-corrected chi connectivity index (χ4v) is 4.25. The summed E-state index contributed by atoms with van der Waals surface area (Å²) in [5, 5.41) is 3.96. The number of ether oxygens (including phenoxy) is 1. The van der Waals surface area contributed by atoms with E-state index in [0.29, 0.717) is 22.4 Å². The van der Waals surface area contributed by atoms with E-state index in [-0.39, 0.29) is 18.2 Å². The van der Waals surface area contributed by atoms with E-state index >= 15 is 0 Å². The van der Waals surface area contributed by atoms with E-state index < -0.39 is 5.92 Å². The number of methoxy groups -OCH3 is 1. The van der Waals surface area contributed by atoms with E-state index in [2.05, 4.69) is 10.3 Å². The lowest BCUT2D eigenvalue weighted by Gasteiger charge is -2.17. The Labute approximate surface area is 171 Å². The van der Waals surface area contributed by atoms with Gasteiger partial charge in [-0.05, 0) is 42.8 Å². The van der Waals surface area contributed by atoms with Crippen molar-refractivity contribution in [1.29, 1.82) is 0 Å². The minimum atomic E-state index is -0.436. The highest BCUT2D eigenvalue weighted by Crippen LogP contribution is 2.32. The van der Waals surface area contributed by atoms with Gasteiger partial charge < -0.3 is 15.0 Å². The van der Waals surface area contributed by atoms with E-state index in [1.54, 1.807) is 18.1 Å². The summed E-state index contributed by atoms with van der Waals surface area (Å²) in [5.41, 5.74) is 2.45. The second-order valence-corrected chi connectivity index (χ2v) is 8.12. The number of aryl methyl sites for hydroxylation is 1. The van der Waals surface area contributed by atoms with Gasteiger partial charge in [0.2, 0.25) is 11.8 Å². The number of nitrogens with one attached hydrogen (secondary N) is 1. The van der Waals surface area contributed by atoms with Crippen molar-refractivity contribution in [2.24, 2.45) is 5.92 Å². The molecule has 0 spiro atoms. The Morgan fingerprint density at radius 1 is 1.32 bits per heavy atom. The highest BCUT2D eigenvalue weighted by molar-refractivity contribution is 7.22. The van der Waals surface area contributed by atoms with Crippen LogP contribution in [0.4, 0.5) is 10.8 Å². The molecule has 6 nitrogen and oxygen atoms in total. The molecule has 1 saturated heterocycles. The number of nitrogens with zero attached hydrogens (tertiary/aromatic N) is 2. The van der Waals surface area contributed by atoms with Crippen LogP contribution in [0.3, 0.4) is 0 Å². The van der Waals surface area contributed by atoms with E-state index in [9.17, 15) is 9.59 Å². The summed E-state index contributed by atoms with van der Waals surface area (Å²) < 4.78 is 6.14. The van der Waals surface area contributed by atoms with Gasteiger partial charge in [-0.1, -0.05) is 29.0 Å². The van der Waals surface area contributed by atoms with Gasteiger partial charge >= 0.3 is 0 Å². The van der Waals surface area contributed by atoms with Crippen LogP contribution in [0.2, 0.25) is 5.02 Å². The lowest BCUT2D eigenvalue weighted by molar-refractivity contribution is -0.122. The van der Waals surface area contributed by atoms with Crippen LogP contribution in [0.25, 0.3) is 10.2 Å². The number of halogens is 1. The summed E-state index contributed by atoms with van der Waals surface area (Å²) in [6.07, 6.45) is 0.163. The molecule has 2 amide bonds. The summed E-state index contributed by atoms with van der Waals surface area (Å²) in [4.78, 5) is 31.2. The molecular formula is C20H18ClN3O3S. The number of thiazole rings is 1. The number of hydrogen-bond donors (Lipinski definition) is 1. The van der Waals surface area contributed by atoms with E-state index in [1.165, 1.54) is 11.3 Å². The third-order valence-corrected chi connectivity index (χ3v) is 6.13. The smallest absolute Gasteiger partial charge is 0.231 e. The fourth-order valence-electron chi connectivity index (χ4n) is 3.18. The van der Waals surface area contributed by atoms with Gasteiger partial charge in [-0.3, -0.25) is 9.59 Å². The van der Waals surface area contributed by atoms with Crippen molar-refractivity contribution in [3.8, 4) is 5.75 Å². The van der Waals surface area contributed by atoms with Gasteiger partial charge in [-0.2, -0.15) is 0 Å². The number of carbonyl (C=O) groups excluding carboxylic acids is 2. The quantitative estimate of drug-likeness (QED) is 0.691. The molecule has 0 bridgehead atoms. The number of hydrogen-bond acceptors (Lipinski definition) is 5. The third kappa shape index (κ3) is 3.55. The Kier molecular flexibility index (Phi) is 4.95. The largest absolute Gasteiger partial charge is 0.497 e. The first kappa shape index (κ1) is 18.7. The van der Waals surface area contributed by atoms with Crippen LogP contribution >= 0.6 is 22.9 Å². The van der Waals surface area contributed by atoms with Gasteiger partial charge in [0.1, 0.15) is 5.75 Å². The number of amides is 2. The van der Waals surface area contributed by atoms with Crippen molar-refractivity contribution in [3.05, 3.63) is 47.0 Å². The van der Waals surface area contributed by atoms with Crippen molar-refractivity contribution >= 4 is 55.8 Å². The molecule has 8 heteroatoms. The lowest BCUT2D eigenvalue weighted by atomic mass is 10.1. The summed E-state index contributed by atoms with van der Waals surface area (Å²) in [5.74, 6) is 0.00568. The Bertz CT molecular complexity index is 1080. The molecule has 2 heterocycles. The lowest BCUT2D eigenvalue weighted by Crippen LogP contribution is -2.28. The molecule has 0 saturated carbocycles. The summed E-state index contributed by atoms with van der Waals surface area (Å²) in [7, 11) is 1.61. The maximum Gasteiger partial charge on any atom is 0.231 e. The predicted octanol–water partition coefficient (Wildman–Crippen LogP) is 4.26. The van der Waals surface area contributed by atoms with Crippen LogP contribution < -0.4 is 15.0 Å². The highest BCUT2D eigenvalue weighted by atomic mass is 35.5. The predicted molar refractivity (Wildman–Crippen MR) is 111 cm³/mol. The minimum absolute atomic E-state index is 0.0888. The first-order valence-electron chi connectivity index (χ1n) is 8.76. The second-order valence-electron chi connectivity index (χ2n) is 6.68. The Morgan fingerprint density at radius 2 is 2.14 bits per heavy atom. The topological polar surface area (TPSA) is 71.5 Å². The first-order chi connectivity index (χ1) is 13.4. The van der Waals surface area contributed by atoms with Crippen LogP contribution in [0.15, 0.2) is 36.4 Å². The van der Waals surface area contributed by atoms with Crippen molar-refractivity contribution in [2.45, 2.75) is 13.3 Å². The SMILES string of the molecule is COc1ccc2nc(NC(=O)C3CC(=O)N(c4ccc(C)c(Cl)c4)C3)sc2c1. The molecule has 1 aliphatic rings. The third-order valence-electron chi connectivity index (χ3n) is 4.79. The minimum Gasteiger partial charge on any atom is -0.497 e. The van der Waals surface area contributed by atoms with Crippen molar-refractivity contribution in [2.75, 3.05) is 23.9 Å². The maximum atomic E-state index is 12.7. The zero-order valence-corrected chi connectivity index (χ0v) is 16.9. The Hall–Kier alpha value is -2.64. The summed E-state index contributed by atoms with van der Waals surface area (Å²) in [6.45, 7) is 2.23. The van der Waals surface area contributed by atoms with Crippen LogP contribution in [0, 0.1) is 12.8 Å². The number of fused-ring (bicyclic) bond motifs is 1. The van der Waals surface area contributed by atoms with Gasteiger partial charge in [-0.15, -0.1) is 0 Å². The zero-order chi connectivity index (χ0) is 19.8. The number of anilines is 2. The number of rotatable bonds is 4. The molecule has 144 valence electrons. The van der Waals surface area contributed by atoms with Crippen LogP contribution in [-0.4, -0.2) is 30.5 Å². The molecule has 1 N–H and O–H groups in total. The number of carbonyl (C=O) groups is 2. The molecule has 1 fully saturated rings. The van der Waals surface area contributed by atoms with Crippen molar-refractivity contribution < 1.29 is 14.3 Å². The fraction of sp³-hybridized carbons (Fsp3) is 0.250. The van der Waals surface area contributed by atoms with E-state index in [4.69, 9.17) is 16.3 Å². The average molecular weight is 416 g/mol. The normalized spacial score (nSPS) is 16.6. The standard InChI is InChI=1S/C20H18ClN3O3S/c1-11-3-4-13(8-15(11)21)24-10-12(7-18(24)25)19(26)23-20-22-16-6-5-14(27-2)9-17(16)28-20/h3-6,8-9,12H,7,10H2,1-2H3,(H,22,23,26). The van der Waals surface area contributed by atoms with Crippen LogP contribution in [0.1, 0.15) is 12.0 Å². The maximum absolute atomic E-state index is 12.7. The zero-order valence-electron chi connectivity index (χ0n) is 15.4. The first-order valence-corrected chi connectivity index (χ1v) is 9.96. The molecule has 1 unspecified atom stereocenters.